The number of amides is 4. The third kappa shape index (κ3) is 15.9. The summed E-state index contributed by atoms with van der Waals surface area (Å²) in [5, 5.41) is 9.77. The molecule has 3 unspecified atom stereocenters. The van der Waals surface area contributed by atoms with Crippen molar-refractivity contribution in [3.63, 3.8) is 0 Å². The van der Waals surface area contributed by atoms with Crippen molar-refractivity contribution in [2.75, 3.05) is 41.0 Å². The standard InChI is InChI=1S/C34H56N6O7/c1-23(19-25-17-12-13-18-35-25)15-14-16-24(2)21-40(39-30(42)28(34(6,7)8)38-32(44)47-11)22-26(45-9)20-36-29(41)27(33(3,4)5)37-31(43)46-10/h12-13,15-18,26-28H,14,19-22H2,1-11H3,(H,36,41)(H,37,43)(H,38,44)(H,39,42)/b23-15+,24-16+. The van der Waals surface area contributed by atoms with Gasteiger partial charge in [-0.15, -0.1) is 0 Å². The molecule has 1 aromatic rings. The highest BCUT2D eigenvalue weighted by Gasteiger charge is 2.35. The topological polar surface area (TPSA) is 160 Å². The van der Waals surface area contributed by atoms with Gasteiger partial charge in [0.2, 0.25) is 5.91 Å². The zero-order chi connectivity index (χ0) is 35.8. The molecule has 0 saturated heterocycles. The lowest BCUT2D eigenvalue weighted by Crippen LogP contribution is -2.59. The van der Waals surface area contributed by atoms with E-state index in [1.165, 1.54) is 26.9 Å². The van der Waals surface area contributed by atoms with Crippen LogP contribution >= 0.6 is 0 Å². The lowest BCUT2D eigenvalue weighted by atomic mass is 9.86. The third-order valence-corrected chi connectivity index (χ3v) is 7.24. The molecular weight excluding hydrogens is 604 g/mol. The summed E-state index contributed by atoms with van der Waals surface area (Å²) in [6, 6.07) is 4.08. The normalized spacial score (nSPS) is 14.5. The third-order valence-electron chi connectivity index (χ3n) is 7.24. The van der Waals surface area contributed by atoms with Gasteiger partial charge in [-0.25, -0.2) is 14.6 Å². The smallest absolute Gasteiger partial charge is 0.407 e. The number of rotatable bonds is 16. The molecule has 0 aliphatic heterocycles. The molecule has 0 radical (unpaired) electrons. The number of nitrogens with one attached hydrogen (secondary N) is 4. The summed E-state index contributed by atoms with van der Waals surface area (Å²) in [6.07, 6.45) is 5.45. The second kappa shape index (κ2) is 19.6. The highest BCUT2D eigenvalue weighted by molar-refractivity contribution is 5.87. The van der Waals surface area contributed by atoms with Crippen molar-refractivity contribution in [3.8, 4) is 0 Å². The molecule has 4 amide bonds. The molecule has 13 heteroatoms. The number of methoxy groups -OCH3 is 3. The van der Waals surface area contributed by atoms with E-state index in [1.54, 1.807) is 11.2 Å². The van der Waals surface area contributed by atoms with Crippen LogP contribution in [-0.4, -0.2) is 93.1 Å². The van der Waals surface area contributed by atoms with E-state index < -0.39 is 53.0 Å². The fourth-order valence-electron chi connectivity index (χ4n) is 4.55. The van der Waals surface area contributed by atoms with E-state index in [2.05, 4.69) is 45.4 Å². The van der Waals surface area contributed by atoms with Crippen molar-refractivity contribution in [1.82, 2.24) is 31.4 Å². The van der Waals surface area contributed by atoms with Crippen LogP contribution in [0.25, 0.3) is 0 Å². The van der Waals surface area contributed by atoms with Crippen LogP contribution in [0.2, 0.25) is 0 Å². The highest BCUT2D eigenvalue weighted by atomic mass is 16.5. The summed E-state index contributed by atoms with van der Waals surface area (Å²) in [6.45, 7) is 15.7. The zero-order valence-electron chi connectivity index (χ0n) is 30.0. The van der Waals surface area contributed by atoms with Gasteiger partial charge < -0.3 is 30.2 Å². The van der Waals surface area contributed by atoms with Crippen LogP contribution in [0.3, 0.4) is 0 Å². The molecular formula is C34H56N6O7. The number of hydrogen-bond acceptors (Lipinski definition) is 9. The van der Waals surface area contributed by atoms with Gasteiger partial charge in [-0.3, -0.25) is 20.0 Å². The molecule has 0 aromatic carbocycles. The minimum Gasteiger partial charge on any atom is -0.453 e. The number of alkyl carbamates (subject to hydrolysis) is 2. The zero-order valence-corrected chi connectivity index (χ0v) is 30.0. The maximum Gasteiger partial charge on any atom is 0.407 e. The Morgan fingerprint density at radius 1 is 0.851 bits per heavy atom. The van der Waals surface area contributed by atoms with Gasteiger partial charge >= 0.3 is 12.2 Å². The minimum absolute atomic E-state index is 0.0957. The number of nitrogens with zero attached hydrogens (tertiary/aromatic N) is 2. The highest BCUT2D eigenvalue weighted by Crippen LogP contribution is 2.21. The molecule has 1 aromatic heterocycles. The average Bonchev–Trinajstić information content (AvgIpc) is 2.99. The molecule has 0 fully saturated rings. The second-order valence-corrected chi connectivity index (χ2v) is 13.7. The molecule has 4 N–H and O–H groups in total. The van der Waals surface area contributed by atoms with Crippen LogP contribution in [0.4, 0.5) is 9.59 Å². The molecule has 0 aliphatic carbocycles. The van der Waals surface area contributed by atoms with Gasteiger partial charge in [-0.05, 0) is 43.2 Å². The van der Waals surface area contributed by atoms with Crippen LogP contribution in [0.5, 0.6) is 0 Å². The van der Waals surface area contributed by atoms with Crippen LogP contribution in [-0.2, 0) is 30.2 Å². The number of aromatic nitrogens is 1. The summed E-state index contributed by atoms with van der Waals surface area (Å²) < 4.78 is 15.1. The Morgan fingerprint density at radius 2 is 1.40 bits per heavy atom. The fraction of sp³-hybridized carbons (Fsp3) is 0.618. The maximum absolute atomic E-state index is 13.6. The Morgan fingerprint density at radius 3 is 1.89 bits per heavy atom. The van der Waals surface area contributed by atoms with E-state index in [9.17, 15) is 19.2 Å². The first-order valence-corrected chi connectivity index (χ1v) is 15.7. The van der Waals surface area contributed by atoms with Gasteiger partial charge in [-0.2, -0.15) is 0 Å². The van der Waals surface area contributed by atoms with E-state index in [0.717, 1.165) is 17.7 Å². The number of carbonyl (C=O) groups is 4. The van der Waals surface area contributed by atoms with Crippen molar-refractivity contribution >= 4 is 24.0 Å². The van der Waals surface area contributed by atoms with Crippen LogP contribution < -0.4 is 21.4 Å². The minimum atomic E-state index is -0.906. The average molecular weight is 661 g/mol. The molecule has 264 valence electrons. The number of pyridine rings is 1. The molecule has 47 heavy (non-hydrogen) atoms. The van der Waals surface area contributed by atoms with Gasteiger partial charge in [0.05, 0.1) is 20.3 Å². The summed E-state index contributed by atoms with van der Waals surface area (Å²) in [5.41, 5.74) is 4.88. The summed E-state index contributed by atoms with van der Waals surface area (Å²) in [7, 11) is 3.99. The molecule has 1 rings (SSSR count). The lowest BCUT2D eigenvalue weighted by Gasteiger charge is -2.34. The van der Waals surface area contributed by atoms with Crippen molar-refractivity contribution in [2.24, 2.45) is 10.8 Å². The maximum atomic E-state index is 13.6. The Hall–Kier alpha value is -3.97. The molecule has 0 bridgehead atoms. The molecule has 13 nitrogen and oxygen atoms in total. The van der Waals surface area contributed by atoms with E-state index in [1.807, 2.05) is 66.7 Å². The first kappa shape index (κ1) is 41.1. The Balaban J connectivity index is 3.15. The van der Waals surface area contributed by atoms with Crippen LogP contribution in [0.1, 0.15) is 67.5 Å². The number of carbonyl (C=O) groups excluding carboxylic acids is 4. The van der Waals surface area contributed by atoms with Gasteiger partial charge in [0, 0.05) is 45.1 Å². The van der Waals surface area contributed by atoms with Gasteiger partial charge in [0.1, 0.15) is 12.1 Å². The Kier molecular flexibility index (Phi) is 17.2. The van der Waals surface area contributed by atoms with Gasteiger partial charge in [0.15, 0.2) is 0 Å². The molecule has 0 saturated carbocycles. The quantitative estimate of drug-likeness (QED) is 0.152. The van der Waals surface area contributed by atoms with E-state index in [4.69, 9.17) is 14.2 Å². The molecule has 3 atom stereocenters. The van der Waals surface area contributed by atoms with Gasteiger partial charge in [0.25, 0.3) is 5.91 Å². The monoisotopic (exact) mass is 660 g/mol. The number of hydrogen-bond donors (Lipinski definition) is 4. The van der Waals surface area contributed by atoms with Crippen molar-refractivity contribution in [1.29, 1.82) is 0 Å². The fourth-order valence-corrected chi connectivity index (χ4v) is 4.55. The summed E-state index contributed by atoms with van der Waals surface area (Å²) >= 11 is 0. The Bertz CT molecular complexity index is 1220. The largest absolute Gasteiger partial charge is 0.453 e. The van der Waals surface area contributed by atoms with Crippen molar-refractivity contribution < 1.29 is 33.4 Å². The second-order valence-electron chi connectivity index (χ2n) is 13.7. The summed E-state index contributed by atoms with van der Waals surface area (Å²) in [4.78, 5) is 55.0. The summed E-state index contributed by atoms with van der Waals surface area (Å²) in [5.74, 6) is -0.838. The van der Waals surface area contributed by atoms with E-state index in [-0.39, 0.29) is 13.1 Å². The predicted octanol–water partition coefficient (Wildman–Crippen LogP) is 3.91. The number of ether oxygens (including phenoxy) is 3. The number of hydrazine groups is 1. The van der Waals surface area contributed by atoms with Gasteiger partial charge in [-0.1, -0.05) is 70.9 Å². The van der Waals surface area contributed by atoms with E-state index >= 15 is 0 Å². The predicted molar refractivity (Wildman–Crippen MR) is 181 cm³/mol. The van der Waals surface area contributed by atoms with Crippen molar-refractivity contribution in [2.45, 2.75) is 86.4 Å². The number of allylic oxidation sites excluding steroid dienone is 3. The molecule has 0 spiro atoms. The molecule has 0 aliphatic rings. The van der Waals surface area contributed by atoms with Crippen LogP contribution in [0.15, 0.2) is 47.7 Å². The Labute approximate surface area is 280 Å². The lowest BCUT2D eigenvalue weighted by molar-refractivity contribution is -0.131. The first-order valence-electron chi connectivity index (χ1n) is 15.7. The van der Waals surface area contributed by atoms with Crippen molar-refractivity contribution in [3.05, 3.63) is 53.4 Å². The molecule has 1 heterocycles. The van der Waals surface area contributed by atoms with Crippen LogP contribution in [0, 0.1) is 10.8 Å². The van der Waals surface area contributed by atoms with E-state index in [0.29, 0.717) is 13.0 Å². The first-order chi connectivity index (χ1) is 21.9. The SMILES string of the molecule is COC(=O)NC(C(=O)NCC(CN(C/C(C)=C/C/C=C(\C)Cc1ccccn1)NC(=O)C(NC(=O)OC)C(C)(C)C)OC)C(C)(C)C.